The molecular formula is C21H25N3O3S. The fraction of sp³-hybridized carbons (Fsp3) is 0.381. The van der Waals surface area contributed by atoms with E-state index < -0.39 is 16.3 Å². The summed E-state index contributed by atoms with van der Waals surface area (Å²) in [7, 11) is -3.33. The molecular weight excluding hydrogens is 374 g/mol. The van der Waals surface area contributed by atoms with Gasteiger partial charge < -0.3 is 10.3 Å². The molecule has 0 bridgehead atoms. The number of hydrogen-bond donors (Lipinski definition) is 1. The molecule has 2 aliphatic heterocycles. The van der Waals surface area contributed by atoms with Crippen molar-refractivity contribution in [1.29, 1.82) is 0 Å². The molecule has 0 aromatic heterocycles. The highest BCUT2D eigenvalue weighted by molar-refractivity contribution is 7.98. The van der Waals surface area contributed by atoms with Gasteiger partial charge in [0.2, 0.25) is 5.91 Å². The largest absolute Gasteiger partial charge is 0.593 e. The lowest BCUT2D eigenvalue weighted by Crippen LogP contribution is -2.49. The van der Waals surface area contributed by atoms with E-state index in [0.29, 0.717) is 12.1 Å². The number of carbonyl (C=O) groups excluding carboxylic acids is 1. The van der Waals surface area contributed by atoms with Crippen LogP contribution in [0.5, 0.6) is 0 Å². The Kier molecular flexibility index (Phi) is 4.77. The summed E-state index contributed by atoms with van der Waals surface area (Å²) in [5, 5.41) is 0. The van der Waals surface area contributed by atoms with Gasteiger partial charge in [-0.1, -0.05) is 34.5 Å². The van der Waals surface area contributed by atoms with Gasteiger partial charge in [0, 0.05) is 24.1 Å². The Morgan fingerprint density at radius 2 is 2.00 bits per heavy atom. The molecule has 6 nitrogen and oxygen atoms in total. The van der Waals surface area contributed by atoms with E-state index in [-0.39, 0.29) is 5.41 Å². The molecule has 0 radical (unpaired) electrons. The van der Waals surface area contributed by atoms with Crippen molar-refractivity contribution in [2.75, 3.05) is 30.2 Å². The van der Waals surface area contributed by atoms with Crippen molar-refractivity contribution in [2.24, 2.45) is 11.1 Å². The molecule has 0 aliphatic carbocycles. The van der Waals surface area contributed by atoms with E-state index in [0.717, 1.165) is 49.3 Å². The number of primary amides is 1. The first-order valence-corrected chi connectivity index (χ1v) is 11.3. The highest BCUT2D eigenvalue weighted by atomic mass is 32.3. The molecule has 0 saturated carbocycles. The number of benzene rings is 2. The Balaban J connectivity index is 1.55. The van der Waals surface area contributed by atoms with Crippen LogP contribution >= 0.6 is 0 Å². The molecule has 1 spiro atoms. The lowest BCUT2D eigenvalue weighted by molar-refractivity contribution is 0.1000. The summed E-state index contributed by atoms with van der Waals surface area (Å²) in [6, 6.07) is 15.2. The van der Waals surface area contributed by atoms with Crippen LogP contribution in [-0.4, -0.2) is 41.2 Å². The zero-order valence-corrected chi connectivity index (χ0v) is 16.8. The van der Waals surface area contributed by atoms with E-state index in [9.17, 15) is 13.6 Å². The first-order chi connectivity index (χ1) is 13.3. The van der Waals surface area contributed by atoms with Gasteiger partial charge in [-0.15, -0.1) is 0 Å². The number of sulfonamides is 1. The number of nitrogens with two attached hydrogens (primary N) is 1. The van der Waals surface area contributed by atoms with Crippen molar-refractivity contribution in [3.8, 4) is 0 Å². The van der Waals surface area contributed by atoms with Crippen LogP contribution < -0.4 is 10.0 Å². The van der Waals surface area contributed by atoms with Gasteiger partial charge in [0.1, 0.15) is 16.7 Å². The monoisotopic (exact) mass is 399 g/mol. The van der Waals surface area contributed by atoms with Gasteiger partial charge in [0.25, 0.3) is 0 Å². The second-order valence-corrected chi connectivity index (χ2v) is 10.0. The molecule has 2 heterocycles. The smallest absolute Gasteiger partial charge is 0.248 e. The predicted molar refractivity (Wildman–Crippen MR) is 110 cm³/mol. The van der Waals surface area contributed by atoms with Crippen LogP contribution in [0.3, 0.4) is 0 Å². The van der Waals surface area contributed by atoms with Crippen molar-refractivity contribution in [3.63, 3.8) is 0 Å². The zero-order valence-electron chi connectivity index (χ0n) is 16.0. The zero-order chi connectivity index (χ0) is 19.9. The number of rotatable bonds is 4. The molecule has 2 aromatic carbocycles. The second-order valence-electron chi connectivity index (χ2n) is 8.10. The minimum atomic E-state index is -3.33. The molecule has 2 aliphatic rings. The van der Waals surface area contributed by atoms with E-state index >= 15 is 0 Å². The Morgan fingerprint density at radius 3 is 2.75 bits per heavy atom. The van der Waals surface area contributed by atoms with Gasteiger partial charge in [-0.05, 0) is 48.7 Å². The average molecular weight is 400 g/mol. The third kappa shape index (κ3) is 3.70. The van der Waals surface area contributed by atoms with E-state index in [1.807, 2.05) is 42.5 Å². The molecule has 1 fully saturated rings. The quantitative estimate of drug-likeness (QED) is 0.798. The van der Waals surface area contributed by atoms with Gasteiger partial charge in [0.15, 0.2) is 0 Å². The number of anilines is 1. The number of carbonyl (C=O) groups is 1. The van der Waals surface area contributed by atoms with Crippen LogP contribution in [0, 0.1) is 5.41 Å². The van der Waals surface area contributed by atoms with Crippen LogP contribution in [0.1, 0.15) is 27.9 Å². The maximum absolute atomic E-state index is 12.4. The molecule has 1 amide bonds. The third-order valence-corrected chi connectivity index (χ3v) is 6.97. The van der Waals surface area contributed by atoms with E-state index in [1.165, 1.54) is 6.26 Å². The van der Waals surface area contributed by atoms with E-state index in [2.05, 4.69) is 4.90 Å². The van der Waals surface area contributed by atoms with Gasteiger partial charge in [0.05, 0.1) is 12.2 Å². The maximum atomic E-state index is 12.4. The highest BCUT2D eigenvalue weighted by Crippen LogP contribution is 2.44. The van der Waals surface area contributed by atoms with Crippen molar-refractivity contribution >= 4 is 22.0 Å². The van der Waals surface area contributed by atoms with E-state index in [1.54, 1.807) is 10.4 Å². The number of nitrogens with zero attached hydrogens (tertiary/aromatic N) is 2. The topological polar surface area (TPSA) is 89.7 Å². The molecule has 7 heteroatoms. The predicted octanol–water partition coefficient (Wildman–Crippen LogP) is 2.21. The summed E-state index contributed by atoms with van der Waals surface area (Å²) in [6.45, 7) is 2.97. The Hall–Kier alpha value is -2.22. The van der Waals surface area contributed by atoms with Crippen molar-refractivity contribution in [2.45, 2.75) is 19.4 Å². The number of hydrogen-bond acceptors (Lipinski definition) is 4. The number of fused-ring (bicyclic) bond motifs is 1. The lowest BCUT2D eigenvalue weighted by Gasteiger charge is -2.42. The van der Waals surface area contributed by atoms with Crippen molar-refractivity contribution in [3.05, 3.63) is 65.2 Å². The first-order valence-electron chi connectivity index (χ1n) is 9.43. The van der Waals surface area contributed by atoms with Crippen molar-refractivity contribution in [1.82, 2.24) is 4.90 Å². The van der Waals surface area contributed by atoms with Crippen LogP contribution in [-0.2, 0) is 27.6 Å². The minimum absolute atomic E-state index is 0.0846. The third-order valence-electron chi connectivity index (χ3n) is 5.84. The van der Waals surface area contributed by atoms with Crippen LogP contribution in [0.25, 0.3) is 0 Å². The summed E-state index contributed by atoms with van der Waals surface area (Å²) in [6.07, 6.45) is 3.11. The fourth-order valence-corrected chi connectivity index (χ4v) is 5.61. The minimum Gasteiger partial charge on any atom is -0.593 e. The normalized spacial score (nSPS) is 24.1. The van der Waals surface area contributed by atoms with Gasteiger partial charge >= 0.3 is 0 Å². The van der Waals surface area contributed by atoms with Crippen molar-refractivity contribution < 1.29 is 13.6 Å². The second kappa shape index (κ2) is 6.99. The molecule has 2 aromatic rings. The van der Waals surface area contributed by atoms with Gasteiger partial charge in [-0.25, -0.2) is 0 Å². The highest BCUT2D eigenvalue weighted by Gasteiger charge is 2.46. The SMILES string of the molecule is C[S+](=O)([O-])N1CC2(CCN(Cc3cccc(C(N)=O)c3)C2)Cc2ccccc21. The van der Waals surface area contributed by atoms with Gasteiger partial charge in [-0.3, -0.25) is 9.69 Å². The average Bonchev–Trinajstić information content (AvgIpc) is 3.02. The lowest BCUT2D eigenvalue weighted by atomic mass is 9.78. The summed E-state index contributed by atoms with van der Waals surface area (Å²) >= 11 is 0. The van der Waals surface area contributed by atoms with E-state index in [4.69, 9.17) is 5.73 Å². The Morgan fingerprint density at radius 1 is 1.21 bits per heavy atom. The number of likely N-dealkylation sites (tertiary alicyclic amines) is 1. The van der Waals surface area contributed by atoms with Crippen LogP contribution in [0.15, 0.2) is 48.5 Å². The first kappa shape index (κ1) is 19.1. The number of amides is 1. The summed E-state index contributed by atoms with van der Waals surface area (Å²) in [5.74, 6) is -0.424. The molecule has 2 unspecified atom stereocenters. The molecule has 148 valence electrons. The summed E-state index contributed by atoms with van der Waals surface area (Å²) in [4.78, 5) is 13.8. The molecule has 2 atom stereocenters. The summed E-state index contributed by atoms with van der Waals surface area (Å²) < 4.78 is 26.4. The summed E-state index contributed by atoms with van der Waals surface area (Å²) in [5.41, 5.74) is 8.77. The maximum Gasteiger partial charge on any atom is 0.248 e. The molecule has 28 heavy (non-hydrogen) atoms. The molecule has 1 saturated heterocycles. The molecule has 4 rings (SSSR count). The molecule has 2 N–H and O–H groups in total. The van der Waals surface area contributed by atoms with Gasteiger partial charge in [-0.2, -0.15) is 4.31 Å². The van der Waals surface area contributed by atoms with Crippen LogP contribution in [0.2, 0.25) is 0 Å². The number of para-hydroxylation sites is 1. The fourth-order valence-electron chi connectivity index (χ4n) is 4.57. The Labute approximate surface area is 166 Å². The standard InChI is InChI=1S/C21H25N3O3S/c1-28(26,27)24-15-21(12-18-6-2-3-8-19(18)24)9-10-23(14-21)13-16-5-4-7-17(11-16)20(22)25/h2-8,11H,9-10,12-15H2,1H3,(H2-,22,25,26,27). The Bertz CT molecular complexity index is 957. The van der Waals surface area contributed by atoms with Crippen LogP contribution in [0.4, 0.5) is 5.69 Å².